The van der Waals surface area contributed by atoms with Crippen molar-refractivity contribution in [1.82, 2.24) is 29.4 Å². The monoisotopic (exact) mass is 581 g/mol. The Kier molecular flexibility index (Phi) is 6.51. The average Bonchev–Trinajstić information content (AvgIpc) is 3.43. The Balaban J connectivity index is 1.56. The zero-order chi connectivity index (χ0) is 27.2. The molecule has 4 aromatic rings. The molecule has 4 heterocycles. The molecule has 0 spiro atoms. The lowest BCUT2D eigenvalue weighted by Gasteiger charge is -2.24. The Morgan fingerprint density at radius 3 is 2.68 bits per heavy atom. The number of aromatic nitrogens is 5. The van der Waals surface area contributed by atoms with Crippen LogP contribution >= 0.6 is 15.9 Å². The van der Waals surface area contributed by atoms with E-state index in [1.807, 2.05) is 26.8 Å². The number of fused-ring (bicyclic) bond motifs is 1. The second-order valence-corrected chi connectivity index (χ2v) is 10.5. The quantitative estimate of drug-likeness (QED) is 0.338. The van der Waals surface area contributed by atoms with Crippen molar-refractivity contribution in [3.05, 3.63) is 64.5 Å². The van der Waals surface area contributed by atoms with Crippen LogP contribution in [0.1, 0.15) is 32.2 Å². The molecule has 10 nitrogen and oxygen atoms in total. The van der Waals surface area contributed by atoms with Gasteiger partial charge in [-0.25, -0.2) is 29.1 Å². The van der Waals surface area contributed by atoms with Gasteiger partial charge in [0.2, 0.25) is 0 Å². The van der Waals surface area contributed by atoms with Gasteiger partial charge in [-0.3, -0.25) is 0 Å². The van der Waals surface area contributed by atoms with E-state index in [0.29, 0.717) is 39.1 Å². The van der Waals surface area contributed by atoms with Crippen LogP contribution in [0.3, 0.4) is 0 Å². The van der Waals surface area contributed by atoms with Crippen LogP contribution in [0.4, 0.5) is 15.0 Å². The highest BCUT2D eigenvalue weighted by molar-refractivity contribution is 9.10. The van der Waals surface area contributed by atoms with Crippen molar-refractivity contribution in [2.75, 3.05) is 18.8 Å². The van der Waals surface area contributed by atoms with E-state index in [2.05, 4.69) is 35.9 Å². The number of hydrogen-bond donors (Lipinski definition) is 1. The minimum atomic E-state index is -0.622. The highest BCUT2D eigenvalue weighted by atomic mass is 79.9. The molecule has 0 fully saturated rings. The minimum absolute atomic E-state index is 0.0307. The lowest BCUT2D eigenvalue weighted by Crippen LogP contribution is -2.35. The summed E-state index contributed by atoms with van der Waals surface area (Å²) in [5.74, 6) is -0.432. The van der Waals surface area contributed by atoms with Crippen LogP contribution in [0.5, 0.6) is 11.8 Å². The van der Waals surface area contributed by atoms with Crippen molar-refractivity contribution in [2.24, 2.45) is 0 Å². The number of nitrogens with zero attached hydrogens (tertiary/aromatic N) is 6. The van der Waals surface area contributed by atoms with Gasteiger partial charge in [0.1, 0.15) is 23.0 Å². The van der Waals surface area contributed by atoms with Crippen molar-refractivity contribution < 1.29 is 18.7 Å². The Bertz CT molecular complexity index is 1600. The molecule has 38 heavy (non-hydrogen) atoms. The first-order valence-corrected chi connectivity index (χ1v) is 12.6. The summed E-state index contributed by atoms with van der Waals surface area (Å²) in [5, 5.41) is 0. The van der Waals surface area contributed by atoms with Gasteiger partial charge in [-0.05, 0) is 67.4 Å². The van der Waals surface area contributed by atoms with Gasteiger partial charge in [-0.1, -0.05) is 6.08 Å². The summed E-state index contributed by atoms with van der Waals surface area (Å²) < 4.78 is 28.8. The van der Waals surface area contributed by atoms with Crippen molar-refractivity contribution in [3.63, 3.8) is 0 Å². The average molecular weight is 582 g/mol. The number of rotatable bonds is 4. The first-order valence-electron chi connectivity index (χ1n) is 11.8. The zero-order valence-electron chi connectivity index (χ0n) is 21.2. The first-order chi connectivity index (χ1) is 18.0. The van der Waals surface area contributed by atoms with E-state index in [-0.39, 0.29) is 24.1 Å². The SMILES string of the molecule is Cc1ccnc(Oc2ccc(-n3c(C4=CCN(C(=O)OC(C)(C)C)C4)c(Br)c4ncnc(N)c43)cc2F)n1. The molecular weight excluding hydrogens is 557 g/mol. The van der Waals surface area contributed by atoms with Gasteiger partial charge < -0.3 is 24.7 Å². The number of hydrogen-bond acceptors (Lipinski definition) is 8. The van der Waals surface area contributed by atoms with Gasteiger partial charge in [0, 0.05) is 30.2 Å². The number of carbonyl (C=O) groups is 1. The smallest absolute Gasteiger partial charge is 0.410 e. The van der Waals surface area contributed by atoms with Crippen LogP contribution in [-0.2, 0) is 4.74 Å². The Morgan fingerprint density at radius 2 is 1.97 bits per heavy atom. The lowest BCUT2D eigenvalue weighted by molar-refractivity contribution is 0.0306. The molecular formula is C26H25BrFN7O3. The van der Waals surface area contributed by atoms with Crippen LogP contribution < -0.4 is 10.5 Å². The predicted octanol–water partition coefficient (Wildman–Crippen LogP) is 5.43. The maximum atomic E-state index is 15.3. The van der Waals surface area contributed by atoms with Gasteiger partial charge in [0.15, 0.2) is 17.4 Å². The van der Waals surface area contributed by atoms with Crippen LogP contribution in [0, 0.1) is 12.7 Å². The fraction of sp³-hybridized carbons (Fsp3) is 0.269. The summed E-state index contributed by atoms with van der Waals surface area (Å²) in [7, 11) is 0. The zero-order valence-corrected chi connectivity index (χ0v) is 22.8. The maximum absolute atomic E-state index is 15.3. The van der Waals surface area contributed by atoms with Gasteiger partial charge in [0.25, 0.3) is 0 Å². The maximum Gasteiger partial charge on any atom is 0.410 e. The molecule has 1 aliphatic heterocycles. The number of amides is 1. The fourth-order valence-electron chi connectivity index (χ4n) is 4.12. The standard InChI is InChI=1S/C26H25BrFN7O3/c1-14-7-9-30-24(33-14)37-18-6-5-16(11-17(18)28)35-21(19(27)20-22(35)23(29)32-13-31-20)15-8-10-34(12-15)25(36)38-26(2,3)4/h5-9,11,13H,10,12H2,1-4H3,(H2,29,31,32). The van der Waals surface area contributed by atoms with E-state index in [1.54, 1.807) is 34.7 Å². The molecule has 2 N–H and O–H groups in total. The van der Waals surface area contributed by atoms with Gasteiger partial charge >= 0.3 is 12.1 Å². The molecule has 12 heteroatoms. The Labute approximate surface area is 226 Å². The van der Waals surface area contributed by atoms with E-state index in [1.165, 1.54) is 18.5 Å². The fourth-order valence-corrected chi connectivity index (χ4v) is 4.84. The number of nitrogen functional groups attached to an aromatic ring is 1. The van der Waals surface area contributed by atoms with Crippen molar-refractivity contribution in [3.8, 4) is 17.4 Å². The van der Waals surface area contributed by atoms with Gasteiger partial charge in [0.05, 0.1) is 16.7 Å². The van der Waals surface area contributed by atoms with E-state index in [4.69, 9.17) is 15.2 Å². The Hall–Kier alpha value is -4.06. The summed E-state index contributed by atoms with van der Waals surface area (Å²) in [6.45, 7) is 7.88. The topological polar surface area (TPSA) is 121 Å². The summed E-state index contributed by atoms with van der Waals surface area (Å²) >= 11 is 3.66. The highest BCUT2D eigenvalue weighted by Gasteiger charge is 2.30. The van der Waals surface area contributed by atoms with Crippen molar-refractivity contribution in [1.29, 1.82) is 0 Å². The number of aryl methyl sites for hydroxylation is 1. The molecule has 0 saturated heterocycles. The van der Waals surface area contributed by atoms with E-state index >= 15 is 4.39 Å². The second kappa shape index (κ2) is 9.67. The summed E-state index contributed by atoms with van der Waals surface area (Å²) in [6, 6.07) is 6.28. The minimum Gasteiger partial charge on any atom is -0.444 e. The van der Waals surface area contributed by atoms with Crippen LogP contribution in [0.15, 0.2) is 47.3 Å². The number of halogens is 2. The summed E-state index contributed by atoms with van der Waals surface area (Å²) in [6.07, 6.45) is 4.41. The molecule has 196 valence electrons. The molecule has 0 radical (unpaired) electrons. The van der Waals surface area contributed by atoms with E-state index in [0.717, 1.165) is 5.57 Å². The predicted molar refractivity (Wildman–Crippen MR) is 144 cm³/mol. The van der Waals surface area contributed by atoms with Crippen LogP contribution in [0.25, 0.3) is 22.3 Å². The molecule has 1 amide bonds. The summed E-state index contributed by atoms with van der Waals surface area (Å²) in [4.78, 5) is 31.0. The second-order valence-electron chi connectivity index (χ2n) is 9.74. The molecule has 1 aliphatic rings. The number of nitrogens with two attached hydrogens (primary N) is 1. The normalized spacial score (nSPS) is 13.6. The number of ether oxygens (including phenoxy) is 2. The molecule has 0 aliphatic carbocycles. The lowest BCUT2D eigenvalue weighted by atomic mass is 10.2. The van der Waals surface area contributed by atoms with Crippen LogP contribution in [0.2, 0.25) is 0 Å². The molecule has 0 saturated carbocycles. The van der Waals surface area contributed by atoms with Crippen molar-refractivity contribution >= 4 is 44.4 Å². The largest absolute Gasteiger partial charge is 0.444 e. The number of benzene rings is 1. The number of anilines is 1. The van der Waals surface area contributed by atoms with Crippen molar-refractivity contribution in [2.45, 2.75) is 33.3 Å². The van der Waals surface area contributed by atoms with E-state index < -0.39 is 17.5 Å². The Morgan fingerprint density at radius 1 is 1.18 bits per heavy atom. The van der Waals surface area contributed by atoms with Gasteiger partial charge in [-0.2, -0.15) is 0 Å². The van der Waals surface area contributed by atoms with Gasteiger partial charge in [-0.15, -0.1) is 0 Å². The first kappa shape index (κ1) is 25.6. The van der Waals surface area contributed by atoms with Crippen LogP contribution in [-0.4, -0.2) is 54.2 Å². The molecule has 0 unspecified atom stereocenters. The molecule has 3 aromatic heterocycles. The number of carbonyl (C=O) groups excluding carboxylic acids is 1. The highest BCUT2D eigenvalue weighted by Crippen LogP contribution is 2.40. The molecule has 1 aromatic carbocycles. The molecule has 5 rings (SSSR count). The summed E-state index contributed by atoms with van der Waals surface area (Å²) in [5.41, 5.74) is 9.35. The third-order valence-corrected chi connectivity index (χ3v) is 6.49. The van der Waals surface area contributed by atoms with E-state index in [9.17, 15) is 4.79 Å². The third-order valence-electron chi connectivity index (χ3n) is 5.74. The molecule has 0 bridgehead atoms. The molecule has 0 atom stereocenters. The third kappa shape index (κ3) is 4.91.